The minimum atomic E-state index is -0.405. The molecule has 3 N–H and O–H groups in total. The van der Waals surface area contributed by atoms with E-state index in [0.717, 1.165) is 17.9 Å². The molecule has 0 radical (unpaired) electrons. The second-order valence-corrected chi connectivity index (χ2v) is 4.45. The summed E-state index contributed by atoms with van der Waals surface area (Å²) in [5.74, 6) is 0.417. The molecule has 1 saturated heterocycles. The molecule has 2 rings (SSSR count). The van der Waals surface area contributed by atoms with Crippen molar-refractivity contribution in [3.8, 4) is 5.75 Å². The summed E-state index contributed by atoms with van der Waals surface area (Å²) in [7, 11) is 0. The van der Waals surface area contributed by atoms with E-state index in [4.69, 9.17) is 10.5 Å². The average Bonchev–Trinajstić information content (AvgIpc) is 2.80. The third kappa shape index (κ3) is 2.97. The van der Waals surface area contributed by atoms with Gasteiger partial charge in [0.15, 0.2) is 0 Å². The quantitative estimate of drug-likeness (QED) is 0.823. The van der Waals surface area contributed by atoms with Gasteiger partial charge in [-0.2, -0.15) is 0 Å². The number of ether oxygens (including phenoxy) is 1. The molecule has 0 aliphatic carbocycles. The fraction of sp³-hybridized carbons (Fsp3) is 0.462. The summed E-state index contributed by atoms with van der Waals surface area (Å²) in [4.78, 5) is 11.0. The molecule has 1 aromatic carbocycles. The first-order valence-electron chi connectivity index (χ1n) is 5.93. The van der Waals surface area contributed by atoms with Gasteiger partial charge < -0.3 is 15.8 Å². The first-order valence-corrected chi connectivity index (χ1v) is 5.93. The van der Waals surface area contributed by atoms with Crippen molar-refractivity contribution < 1.29 is 9.53 Å². The van der Waals surface area contributed by atoms with Crippen LogP contribution in [-0.2, 0) is 0 Å². The third-order valence-corrected chi connectivity index (χ3v) is 3.06. The second-order valence-electron chi connectivity index (χ2n) is 4.45. The number of hydrogen-bond donors (Lipinski definition) is 2. The predicted octanol–water partition coefficient (Wildman–Crippen LogP) is 1.22. The first kappa shape index (κ1) is 11.9. The summed E-state index contributed by atoms with van der Waals surface area (Å²) in [5, 5.41) is 3.38. The van der Waals surface area contributed by atoms with Gasteiger partial charge in [0.25, 0.3) is 0 Å². The minimum Gasteiger partial charge on any atom is -0.492 e. The summed E-state index contributed by atoms with van der Waals surface area (Å²) in [6.45, 7) is 3.67. The van der Waals surface area contributed by atoms with Crippen molar-refractivity contribution in [2.45, 2.75) is 25.8 Å². The molecule has 1 unspecified atom stereocenters. The van der Waals surface area contributed by atoms with Crippen LogP contribution in [-0.4, -0.2) is 25.1 Å². The standard InChI is InChI=1S/C13H18N2O2/c1-9-7-10(13(14)16)4-5-12(9)17-8-11-3-2-6-15-11/h4-5,7,11,15H,2-3,6,8H2,1H3,(H2,14,16). The van der Waals surface area contributed by atoms with Gasteiger partial charge in [0, 0.05) is 11.6 Å². The summed E-state index contributed by atoms with van der Waals surface area (Å²) in [6.07, 6.45) is 2.38. The van der Waals surface area contributed by atoms with Crippen molar-refractivity contribution in [1.82, 2.24) is 5.32 Å². The zero-order chi connectivity index (χ0) is 12.3. The third-order valence-electron chi connectivity index (χ3n) is 3.06. The average molecular weight is 234 g/mol. The smallest absolute Gasteiger partial charge is 0.248 e. The van der Waals surface area contributed by atoms with Gasteiger partial charge in [-0.3, -0.25) is 4.79 Å². The van der Waals surface area contributed by atoms with E-state index in [9.17, 15) is 4.79 Å². The maximum absolute atomic E-state index is 11.0. The topological polar surface area (TPSA) is 64.4 Å². The Bertz CT molecular complexity index is 412. The normalized spacial score (nSPS) is 19.2. The Kier molecular flexibility index (Phi) is 3.64. The summed E-state index contributed by atoms with van der Waals surface area (Å²) in [6, 6.07) is 5.72. The maximum atomic E-state index is 11.0. The monoisotopic (exact) mass is 234 g/mol. The number of nitrogens with one attached hydrogen (secondary N) is 1. The second kappa shape index (κ2) is 5.19. The van der Waals surface area contributed by atoms with E-state index in [1.807, 2.05) is 13.0 Å². The number of benzene rings is 1. The minimum absolute atomic E-state index is 0.405. The van der Waals surface area contributed by atoms with Crippen LogP contribution in [0.2, 0.25) is 0 Å². The number of nitrogens with two attached hydrogens (primary N) is 1. The molecular formula is C13H18N2O2. The Morgan fingerprint density at radius 3 is 3.00 bits per heavy atom. The van der Waals surface area contributed by atoms with Gasteiger partial charge in [0.05, 0.1) is 0 Å². The van der Waals surface area contributed by atoms with Gasteiger partial charge in [-0.05, 0) is 50.1 Å². The Hall–Kier alpha value is -1.55. The lowest BCUT2D eigenvalue weighted by atomic mass is 10.1. The molecule has 1 aliphatic heterocycles. The number of amides is 1. The molecule has 0 spiro atoms. The Labute approximate surface area is 101 Å². The van der Waals surface area contributed by atoms with Gasteiger partial charge >= 0.3 is 0 Å². The predicted molar refractivity (Wildman–Crippen MR) is 66.2 cm³/mol. The lowest BCUT2D eigenvalue weighted by Crippen LogP contribution is -2.28. The number of primary amides is 1. The highest BCUT2D eigenvalue weighted by Crippen LogP contribution is 2.19. The highest BCUT2D eigenvalue weighted by atomic mass is 16.5. The zero-order valence-electron chi connectivity index (χ0n) is 10.0. The van der Waals surface area contributed by atoms with Crippen molar-refractivity contribution >= 4 is 5.91 Å². The number of aryl methyl sites for hydroxylation is 1. The number of carbonyl (C=O) groups is 1. The lowest BCUT2D eigenvalue weighted by molar-refractivity contribution is 0.1000. The molecule has 0 bridgehead atoms. The Morgan fingerprint density at radius 2 is 2.41 bits per heavy atom. The van der Waals surface area contributed by atoms with Crippen molar-refractivity contribution in [1.29, 1.82) is 0 Å². The van der Waals surface area contributed by atoms with Crippen LogP contribution in [0.3, 0.4) is 0 Å². The number of carbonyl (C=O) groups excluding carboxylic acids is 1. The molecule has 1 aromatic rings. The number of hydrogen-bond acceptors (Lipinski definition) is 3. The van der Waals surface area contributed by atoms with Crippen LogP contribution in [0.5, 0.6) is 5.75 Å². The molecule has 0 saturated carbocycles. The Morgan fingerprint density at radius 1 is 1.59 bits per heavy atom. The fourth-order valence-corrected chi connectivity index (χ4v) is 2.05. The number of rotatable bonds is 4. The van der Waals surface area contributed by atoms with Gasteiger partial charge in [0.2, 0.25) is 5.91 Å². The van der Waals surface area contributed by atoms with Crippen LogP contribution >= 0.6 is 0 Å². The first-order chi connectivity index (χ1) is 8.16. The van der Waals surface area contributed by atoms with E-state index in [-0.39, 0.29) is 0 Å². The molecule has 17 heavy (non-hydrogen) atoms. The molecular weight excluding hydrogens is 216 g/mol. The van der Waals surface area contributed by atoms with Crippen LogP contribution in [0.25, 0.3) is 0 Å². The fourth-order valence-electron chi connectivity index (χ4n) is 2.05. The summed E-state index contributed by atoms with van der Waals surface area (Å²) >= 11 is 0. The molecule has 4 nitrogen and oxygen atoms in total. The van der Waals surface area contributed by atoms with Gasteiger partial charge in [-0.25, -0.2) is 0 Å². The zero-order valence-corrected chi connectivity index (χ0v) is 10.0. The molecule has 1 aliphatic rings. The van der Waals surface area contributed by atoms with E-state index in [1.165, 1.54) is 12.8 Å². The van der Waals surface area contributed by atoms with E-state index in [2.05, 4.69) is 5.32 Å². The molecule has 92 valence electrons. The van der Waals surface area contributed by atoms with Crippen LogP contribution in [0, 0.1) is 6.92 Å². The van der Waals surface area contributed by atoms with Crippen LogP contribution in [0.4, 0.5) is 0 Å². The largest absolute Gasteiger partial charge is 0.492 e. The summed E-state index contributed by atoms with van der Waals surface area (Å²) in [5.41, 5.74) is 6.68. The van der Waals surface area contributed by atoms with E-state index in [1.54, 1.807) is 12.1 Å². The molecule has 0 aromatic heterocycles. The van der Waals surface area contributed by atoms with Crippen molar-refractivity contribution in [2.75, 3.05) is 13.2 Å². The van der Waals surface area contributed by atoms with Crippen LogP contribution < -0.4 is 15.8 Å². The van der Waals surface area contributed by atoms with E-state index >= 15 is 0 Å². The van der Waals surface area contributed by atoms with Crippen molar-refractivity contribution in [2.24, 2.45) is 5.73 Å². The van der Waals surface area contributed by atoms with Crippen LogP contribution in [0.1, 0.15) is 28.8 Å². The Balaban J connectivity index is 1.98. The molecule has 4 heteroatoms. The highest BCUT2D eigenvalue weighted by Gasteiger charge is 2.15. The lowest BCUT2D eigenvalue weighted by Gasteiger charge is -2.14. The van der Waals surface area contributed by atoms with E-state index in [0.29, 0.717) is 18.2 Å². The maximum Gasteiger partial charge on any atom is 0.248 e. The van der Waals surface area contributed by atoms with Gasteiger partial charge in [0.1, 0.15) is 12.4 Å². The molecule has 1 amide bonds. The molecule has 1 atom stereocenters. The highest BCUT2D eigenvalue weighted by molar-refractivity contribution is 5.93. The van der Waals surface area contributed by atoms with E-state index < -0.39 is 5.91 Å². The summed E-state index contributed by atoms with van der Waals surface area (Å²) < 4.78 is 5.74. The molecule has 1 fully saturated rings. The van der Waals surface area contributed by atoms with Gasteiger partial charge in [-0.1, -0.05) is 0 Å². The molecule has 1 heterocycles. The van der Waals surface area contributed by atoms with Crippen molar-refractivity contribution in [3.63, 3.8) is 0 Å². The van der Waals surface area contributed by atoms with Gasteiger partial charge in [-0.15, -0.1) is 0 Å². The SMILES string of the molecule is Cc1cc(C(N)=O)ccc1OCC1CCCN1. The van der Waals surface area contributed by atoms with Crippen LogP contribution in [0.15, 0.2) is 18.2 Å². The van der Waals surface area contributed by atoms with Crippen molar-refractivity contribution in [3.05, 3.63) is 29.3 Å².